The molecule has 1 aliphatic heterocycles. The molecule has 1 saturated heterocycles. The standard InChI is InChI=1S/C15H21NO9/c1-16-5-8(18)6-2-3-7(17)9(4-6)24-15-12(21)10(19)11(20)13(25-15)14(22)23/h2-4,8,10-13,15-21H,5H2,1H3,(H,22,23)/t8?,10-,11-,12+,13-,15?/m0/s1. The van der Waals surface area contributed by atoms with Gasteiger partial charge in [0.15, 0.2) is 17.6 Å². The van der Waals surface area contributed by atoms with Crippen LogP contribution in [0, 0.1) is 0 Å². The second-order valence-electron chi connectivity index (χ2n) is 5.65. The minimum atomic E-state index is -1.84. The Kier molecular flexibility index (Phi) is 6.16. The number of carboxylic acid groups (broad SMARTS) is 1. The predicted molar refractivity (Wildman–Crippen MR) is 81.9 cm³/mol. The van der Waals surface area contributed by atoms with Crippen LogP contribution < -0.4 is 10.1 Å². The number of aliphatic carboxylic acids is 1. The average Bonchev–Trinajstić information content (AvgIpc) is 2.56. The van der Waals surface area contributed by atoms with Gasteiger partial charge in [0.25, 0.3) is 0 Å². The molecule has 2 unspecified atom stereocenters. The molecule has 1 heterocycles. The van der Waals surface area contributed by atoms with Crippen molar-refractivity contribution < 1.29 is 44.9 Å². The van der Waals surface area contributed by atoms with E-state index in [1.807, 2.05) is 0 Å². The summed E-state index contributed by atoms with van der Waals surface area (Å²) < 4.78 is 10.3. The van der Waals surface area contributed by atoms with E-state index in [0.717, 1.165) is 0 Å². The first-order valence-electron chi connectivity index (χ1n) is 7.51. The summed E-state index contributed by atoms with van der Waals surface area (Å²) in [4.78, 5) is 11.1. The monoisotopic (exact) mass is 359 g/mol. The van der Waals surface area contributed by atoms with Gasteiger partial charge in [0.05, 0.1) is 6.10 Å². The number of nitrogens with one attached hydrogen (secondary N) is 1. The molecule has 7 N–H and O–H groups in total. The lowest BCUT2D eigenvalue weighted by molar-refractivity contribution is -0.271. The van der Waals surface area contributed by atoms with E-state index in [4.69, 9.17) is 14.6 Å². The SMILES string of the molecule is CNCC(O)c1ccc(O)c(OC2O[C@H](C(=O)O)[C@@H](O)[C@H](O)[C@H]2O)c1. The summed E-state index contributed by atoms with van der Waals surface area (Å²) in [6.07, 6.45) is -9.78. The smallest absolute Gasteiger partial charge is 0.335 e. The number of rotatable bonds is 6. The van der Waals surface area contributed by atoms with E-state index in [1.54, 1.807) is 7.05 Å². The van der Waals surface area contributed by atoms with Crippen molar-refractivity contribution in [2.24, 2.45) is 0 Å². The Morgan fingerprint density at radius 1 is 1.28 bits per heavy atom. The van der Waals surface area contributed by atoms with Crippen molar-refractivity contribution in [1.29, 1.82) is 0 Å². The third kappa shape index (κ3) is 4.18. The van der Waals surface area contributed by atoms with Crippen LogP contribution in [-0.2, 0) is 9.53 Å². The highest BCUT2D eigenvalue weighted by atomic mass is 16.7. The third-order valence-electron chi connectivity index (χ3n) is 3.82. The van der Waals surface area contributed by atoms with Crippen LogP contribution in [0.25, 0.3) is 0 Å². The fraction of sp³-hybridized carbons (Fsp3) is 0.533. The topological polar surface area (TPSA) is 169 Å². The quantitative estimate of drug-likeness (QED) is 0.299. The van der Waals surface area contributed by atoms with Crippen LogP contribution in [0.5, 0.6) is 11.5 Å². The van der Waals surface area contributed by atoms with Crippen molar-refractivity contribution in [3.8, 4) is 11.5 Å². The summed E-state index contributed by atoms with van der Waals surface area (Å²) in [5.74, 6) is -2.08. The maximum atomic E-state index is 11.1. The highest BCUT2D eigenvalue weighted by Gasteiger charge is 2.48. The van der Waals surface area contributed by atoms with Gasteiger partial charge in [-0.25, -0.2) is 4.79 Å². The number of hydrogen-bond acceptors (Lipinski definition) is 9. The van der Waals surface area contributed by atoms with Gasteiger partial charge < -0.3 is 45.4 Å². The van der Waals surface area contributed by atoms with Gasteiger partial charge in [-0.15, -0.1) is 0 Å². The number of likely N-dealkylation sites (N-methyl/N-ethyl adjacent to an activating group) is 1. The molecule has 1 aromatic carbocycles. The molecule has 0 bridgehead atoms. The van der Waals surface area contributed by atoms with Crippen LogP contribution >= 0.6 is 0 Å². The molecule has 2 rings (SSSR count). The molecule has 6 atom stereocenters. The molecule has 10 nitrogen and oxygen atoms in total. The van der Waals surface area contributed by atoms with E-state index in [-0.39, 0.29) is 18.0 Å². The number of aromatic hydroxyl groups is 1. The summed E-state index contributed by atoms with van der Waals surface area (Å²) >= 11 is 0. The maximum absolute atomic E-state index is 11.1. The fourth-order valence-electron chi connectivity index (χ4n) is 2.42. The van der Waals surface area contributed by atoms with Gasteiger partial charge in [-0.1, -0.05) is 6.07 Å². The number of ether oxygens (including phenoxy) is 2. The molecule has 0 saturated carbocycles. The van der Waals surface area contributed by atoms with Crippen LogP contribution in [0.15, 0.2) is 18.2 Å². The Hall–Kier alpha value is -1.95. The van der Waals surface area contributed by atoms with Crippen LogP contribution in [0.1, 0.15) is 11.7 Å². The van der Waals surface area contributed by atoms with E-state index in [2.05, 4.69) is 5.32 Å². The van der Waals surface area contributed by atoms with E-state index in [9.17, 15) is 30.3 Å². The first-order valence-corrected chi connectivity index (χ1v) is 7.51. The Balaban J connectivity index is 2.22. The molecule has 1 aromatic rings. The minimum absolute atomic E-state index is 0.190. The summed E-state index contributed by atoms with van der Waals surface area (Å²) in [5.41, 5.74) is 0.391. The predicted octanol–water partition coefficient (Wildman–Crippen LogP) is -2.08. The second-order valence-corrected chi connectivity index (χ2v) is 5.65. The van der Waals surface area contributed by atoms with Gasteiger partial charge in [-0.3, -0.25) is 0 Å². The summed E-state index contributed by atoms with van der Waals surface area (Å²) in [7, 11) is 1.64. The number of carbonyl (C=O) groups is 1. The van der Waals surface area contributed by atoms with Crippen LogP contribution in [-0.4, -0.2) is 80.9 Å². The highest BCUT2D eigenvalue weighted by molar-refractivity contribution is 5.73. The van der Waals surface area contributed by atoms with Crippen molar-refractivity contribution in [2.45, 2.75) is 36.8 Å². The van der Waals surface area contributed by atoms with Crippen molar-refractivity contribution in [2.75, 3.05) is 13.6 Å². The lowest BCUT2D eigenvalue weighted by atomic mass is 9.99. The molecule has 0 aliphatic carbocycles. The van der Waals surface area contributed by atoms with E-state index in [0.29, 0.717) is 5.56 Å². The lowest BCUT2D eigenvalue weighted by Crippen LogP contribution is -2.61. The minimum Gasteiger partial charge on any atom is -0.504 e. The summed E-state index contributed by atoms with van der Waals surface area (Å²) in [5, 5.41) is 60.9. The van der Waals surface area contributed by atoms with E-state index < -0.39 is 42.8 Å². The Morgan fingerprint density at radius 2 is 1.96 bits per heavy atom. The molecular weight excluding hydrogens is 338 g/mol. The van der Waals surface area contributed by atoms with E-state index >= 15 is 0 Å². The number of hydrogen-bond donors (Lipinski definition) is 7. The molecule has 25 heavy (non-hydrogen) atoms. The molecule has 0 radical (unpaired) electrons. The van der Waals surface area contributed by atoms with Gasteiger partial charge in [-0.2, -0.15) is 0 Å². The molecule has 0 aromatic heterocycles. The number of phenolic OH excluding ortho intramolecular Hbond substituents is 1. The van der Waals surface area contributed by atoms with Crippen molar-refractivity contribution >= 4 is 5.97 Å². The molecule has 10 heteroatoms. The lowest BCUT2D eigenvalue weighted by Gasteiger charge is -2.38. The van der Waals surface area contributed by atoms with Crippen molar-refractivity contribution in [3.05, 3.63) is 23.8 Å². The first-order chi connectivity index (χ1) is 11.8. The fourth-order valence-corrected chi connectivity index (χ4v) is 2.42. The zero-order valence-electron chi connectivity index (χ0n) is 13.3. The number of carboxylic acids is 1. The molecule has 1 aliphatic rings. The van der Waals surface area contributed by atoms with Crippen molar-refractivity contribution in [3.63, 3.8) is 0 Å². The van der Waals surface area contributed by atoms with Crippen LogP contribution in [0.3, 0.4) is 0 Å². The zero-order chi connectivity index (χ0) is 18.7. The first kappa shape index (κ1) is 19.4. The largest absolute Gasteiger partial charge is 0.504 e. The second kappa shape index (κ2) is 7.95. The number of benzene rings is 1. The Morgan fingerprint density at radius 3 is 2.56 bits per heavy atom. The van der Waals surface area contributed by atoms with Crippen LogP contribution in [0.2, 0.25) is 0 Å². The molecule has 140 valence electrons. The summed E-state index contributed by atoms with van der Waals surface area (Å²) in [6, 6.07) is 4.00. The Labute approximate surface area is 142 Å². The summed E-state index contributed by atoms with van der Waals surface area (Å²) in [6.45, 7) is 0.235. The third-order valence-corrected chi connectivity index (χ3v) is 3.82. The van der Waals surface area contributed by atoms with Gasteiger partial charge in [0.1, 0.15) is 18.3 Å². The molecular formula is C15H21NO9. The van der Waals surface area contributed by atoms with Gasteiger partial charge in [0.2, 0.25) is 6.29 Å². The molecule has 0 amide bonds. The molecule has 1 fully saturated rings. The normalized spacial score (nSPS) is 30.7. The van der Waals surface area contributed by atoms with Gasteiger partial charge in [-0.05, 0) is 24.7 Å². The van der Waals surface area contributed by atoms with E-state index in [1.165, 1.54) is 18.2 Å². The van der Waals surface area contributed by atoms with Gasteiger partial charge in [0, 0.05) is 6.54 Å². The Bertz CT molecular complexity index is 611. The highest BCUT2D eigenvalue weighted by Crippen LogP contribution is 2.32. The van der Waals surface area contributed by atoms with Crippen molar-refractivity contribution in [1.82, 2.24) is 5.32 Å². The maximum Gasteiger partial charge on any atom is 0.335 e. The number of aliphatic hydroxyl groups is 4. The van der Waals surface area contributed by atoms with Crippen LogP contribution in [0.4, 0.5) is 0 Å². The zero-order valence-corrected chi connectivity index (χ0v) is 13.3. The number of phenols is 1. The number of aliphatic hydroxyl groups excluding tert-OH is 4. The average molecular weight is 359 g/mol. The molecule has 0 spiro atoms. The van der Waals surface area contributed by atoms with Gasteiger partial charge >= 0.3 is 5.97 Å².